The van der Waals surface area contributed by atoms with Gasteiger partial charge in [-0.15, -0.1) is 11.8 Å². The molecular weight excluding hydrogens is 257 g/mol. The van der Waals surface area contributed by atoms with Crippen LogP contribution in [0.15, 0.2) is 23.1 Å². The number of benzene rings is 1. The van der Waals surface area contributed by atoms with Gasteiger partial charge in [-0.05, 0) is 45.1 Å². The van der Waals surface area contributed by atoms with Gasteiger partial charge in [-0.1, -0.05) is 25.8 Å². The van der Waals surface area contributed by atoms with Crippen molar-refractivity contribution in [3.05, 3.63) is 29.6 Å². The molecule has 0 amide bonds. The molecule has 1 aromatic rings. The van der Waals surface area contributed by atoms with Crippen LogP contribution >= 0.6 is 11.8 Å². The van der Waals surface area contributed by atoms with Crippen molar-refractivity contribution in [3.63, 3.8) is 0 Å². The Bertz CT molecular complexity index is 385. The van der Waals surface area contributed by atoms with Crippen LogP contribution in [0, 0.1) is 5.82 Å². The van der Waals surface area contributed by atoms with E-state index in [-0.39, 0.29) is 11.4 Å². The molecule has 1 rings (SSSR count). The molecule has 0 aliphatic heterocycles. The molecule has 108 valence electrons. The van der Waals surface area contributed by atoms with Crippen LogP contribution in [0.25, 0.3) is 0 Å². The highest BCUT2D eigenvalue weighted by Crippen LogP contribution is 2.26. The van der Waals surface area contributed by atoms with E-state index < -0.39 is 0 Å². The largest absolute Gasteiger partial charge is 0.308 e. The molecule has 3 heteroatoms. The Hall–Kier alpha value is -0.540. The van der Waals surface area contributed by atoms with Crippen molar-refractivity contribution in [1.82, 2.24) is 5.32 Å². The second kappa shape index (κ2) is 7.91. The van der Waals surface area contributed by atoms with Gasteiger partial charge in [-0.3, -0.25) is 0 Å². The number of halogens is 1. The second-order valence-corrected chi connectivity index (χ2v) is 7.01. The van der Waals surface area contributed by atoms with E-state index in [1.165, 1.54) is 19.3 Å². The van der Waals surface area contributed by atoms with Crippen molar-refractivity contribution >= 4 is 11.8 Å². The molecule has 0 atom stereocenters. The fourth-order valence-corrected chi connectivity index (χ4v) is 2.82. The van der Waals surface area contributed by atoms with Gasteiger partial charge in [0.15, 0.2) is 0 Å². The van der Waals surface area contributed by atoms with Gasteiger partial charge in [0, 0.05) is 22.5 Å². The van der Waals surface area contributed by atoms with Crippen molar-refractivity contribution in [1.29, 1.82) is 0 Å². The van der Waals surface area contributed by atoms with E-state index in [0.29, 0.717) is 6.54 Å². The van der Waals surface area contributed by atoms with Crippen LogP contribution in [0.4, 0.5) is 4.39 Å². The van der Waals surface area contributed by atoms with E-state index in [0.717, 1.165) is 16.2 Å². The Morgan fingerprint density at radius 3 is 2.58 bits per heavy atom. The van der Waals surface area contributed by atoms with Gasteiger partial charge >= 0.3 is 0 Å². The first-order valence-corrected chi connectivity index (χ1v) is 8.08. The molecule has 1 N–H and O–H groups in total. The fourth-order valence-electron chi connectivity index (χ4n) is 1.73. The zero-order chi connectivity index (χ0) is 14.3. The minimum atomic E-state index is -0.0998. The summed E-state index contributed by atoms with van der Waals surface area (Å²) in [5, 5.41) is 3.37. The van der Waals surface area contributed by atoms with E-state index in [2.05, 4.69) is 33.0 Å². The predicted molar refractivity (Wildman–Crippen MR) is 83.2 cm³/mol. The molecule has 0 saturated heterocycles. The zero-order valence-electron chi connectivity index (χ0n) is 12.6. The summed E-state index contributed by atoms with van der Waals surface area (Å²) >= 11 is 1.77. The predicted octanol–water partition coefficient (Wildman–Crippen LogP) is 5.00. The molecule has 0 bridgehead atoms. The molecule has 0 aliphatic rings. The maximum absolute atomic E-state index is 13.9. The Balaban J connectivity index is 2.66. The van der Waals surface area contributed by atoms with E-state index >= 15 is 0 Å². The summed E-state index contributed by atoms with van der Waals surface area (Å²) in [5.74, 6) is 0.969. The lowest BCUT2D eigenvalue weighted by molar-refractivity contribution is 0.416. The first kappa shape index (κ1) is 16.5. The fraction of sp³-hybridized carbons (Fsp3) is 0.625. The molecule has 0 fully saturated rings. The summed E-state index contributed by atoms with van der Waals surface area (Å²) in [6, 6.07) is 5.38. The third kappa shape index (κ3) is 6.44. The van der Waals surface area contributed by atoms with Gasteiger partial charge in [0.25, 0.3) is 0 Å². The molecule has 0 radical (unpaired) electrons. The average molecular weight is 283 g/mol. The van der Waals surface area contributed by atoms with E-state index in [1.807, 2.05) is 6.07 Å². The quantitative estimate of drug-likeness (QED) is 0.558. The van der Waals surface area contributed by atoms with Gasteiger partial charge in [0.2, 0.25) is 0 Å². The number of nitrogens with one attached hydrogen (secondary N) is 1. The molecule has 0 heterocycles. The molecule has 0 aromatic heterocycles. The summed E-state index contributed by atoms with van der Waals surface area (Å²) in [5.41, 5.74) is 0.811. The molecule has 19 heavy (non-hydrogen) atoms. The van der Waals surface area contributed by atoms with Crippen LogP contribution < -0.4 is 5.32 Å². The molecule has 1 aromatic carbocycles. The van der Waals surface area contributed by atoms with Gasteiger partial charge in [0.05, 0.1) is 0 Å². The van der Waals surface area contributed by atoms with Crippen molar-refractivity contribution < 1.29 is 4.39 Å². The number of thioether (sulfide) groups is 1. The van der Waals surface area contributed by atoms with Crippen LogP contribution in [-0.2, 0) is 6.54 Å². The standard InChI is InChI=1S/C16H26FNS/c1-5-6-7-11-19-15-10-8-9-14(17)13(15)12-18-16(2,3)4/h8-10,18H,5-7,11-12H2,1-4H3. The van der Waals surface area contributed by atoms with E-state index in [1.54, 1.807) is 23.9 Å². The highest BCUT2D eigenvalue weighted by molar-refractivity contribution is 7.99. The summed E-state index contributed by atoms with van der Waals surface area (Å²) in [6.45, 7) is 9.09. The lowest BCUT2D eigenvalue weighted by Gasteiger charge is -2.21. The molecule has 0 unspecified atom stereocenters. The van der Waals surface area contributed by atoms with E-state index in [9.17, 15) is 4.39 Å². The Morgan fingerprint density at radius 2 is 1.95 bits per heavy atom. The van der Waals surface area contributed by atoms with Crippen LogP contribution in [0.5, 0.6) is 0 Å². The normalized spacial score (nSPS) is 11.8. The minimum Gasteiger partial charge on any atom is -0.308 e. The summed E-state index contributed by atoms with van der Waals surface area (Å²) in [4.78, 5) is 1.08. The van der Waals surface area contributed by atoms with Crippen molar-refractivity contribution in [2.75, 3.05) is 5.75 Å². The zero-order valence-corrected chi connectivity index (χ0v) is 13.4. The van der Waals surface area contributed by atoms with Crippen molar-refractivity contribution in [2.45, 2.75) is 63.9 Å². The maximum atomic E-state index is 13.9. The van der Waals surface area contributed by atoms with Gasteiger partial charge in [0.1, 0.15) is 5.82 Å². The number of rotatable bonds is 7. The first-order valence-electron chi connectivity index (χ1n) is 7.09. The summed E-state index contributed by atoms with van der Waals surface area (Å²) in [7, 11) is 0. The molecule has 0 aliphatic carbocycles. The first-order chi connectivity index (χ1) is 8.94. The van der Waals surface area contributed by atoms with Crippen molar-refractivity contribution in [2.24, 2.45) is 0 Å². The van der Waals surface area contributed by atoms with Crippen LogP contribution in [0.2, 0.25) is 0 Å². The SMILES string of the molecule is CCCCCSc1cccc(F)c1CNC(C)(C)C. The summed E-state index contributed by atoms with van der Waals surface area (Å²) < 4.78 is 13.9. The van der Waals surface area contributed by atoms with Crippen LogP contribution in [0.3, 0.4) is 0 Å². The lowest BCUT2D eigenvalue weighted by atomic mass is 10.1. The second-order valence-electron chi connectivity index (χ2n) is 5.88. The number of hydrogen-bond acceptors (Lipinski definition) is 2. The number of hydrogen-bond donors (Lipinski definition) is 1. The summed E-state index contributed by atoms with van der Waals surface area (Å²) in [6.07, 6.45) is 3.67. The number of unbranched alkanes of at least 4 members (excludes halogenated alkanes) is 2. The highest BCUT2D eigenvalue weighted by atomic mass is 32.2. The van der Waals surface area contributed by atoms with Gasteiger partial charge in [-0.2, -0.15) is 0 Å². The smallest absolute Gasteiger partial charge is 0.128 e. The topological polar surface area (TPSA) is 12.0 Å². The third-order valence-corrected chi connectivity index (χ3v) is 4.06. The van der Waals surface area contributed by atoms with Crippen LogP contribution in [0.1, 0.15) is 52.5 Å². The monoisotopic (exact) mass is 283 g/mol. The van der Waals surface area contributed by atoms with Gasteiger partial charge in [-0.25, -0.2) is 4.39 Å². The van der Waals surface area contributed by atoms with E-state index in [4.69, 9.17) is 0 Å². The third-order valence-electron chi connectivity index (χ3n) is 2.88. The molecule has 0 saturated carbocycles. The van der Waals surface area contributed by atoms with Gasteiger partial charge < -0.3 is 5.32 Å². The highest BCUT2D eigenvalue weighted by Gasteiger charge is 2.13. The lowest BCUT2D eigenvalue weighted by Crippen LogP contribution is -2.35. The average Bonchev–Trinajstić information content (AvgIpc) is 2.32. The molecule has 0 spiro atoms. The Labute approximate surface area is 121 Å². The Kier molecular flexibility index (Phi) is 6.87. The molecule has 1 nitrogen and oxygen atoms in total. The molecular formula is C16H26FNS. The minimum absolute atomic E-state index is 0.00638. The van der Waals surface area contributed by atoms with Crippen LogP contribution in [-0.4, -0.2) is 11.3 Å². The van der Waals surface area contributed by atoms with Crippen molar-refractivity contribution in [3.8, 4) is 0 Å². The maximum Gasteiger partial charge on any atom is 0.128 e. The Morgan fingerprint density at radius 1 is 1.21 bits per heavy atom.